The fraction of sp³-hybridized carbons (Fsp3) is 0.562. The predicted octanol–water partition coefficient (Wildman–Crippen LogP) is 1.05. The lowest BCUT2D eigenvalue weighted by Gasteiger charge is -2.18. The van der Waals surface area contributed by atoms with E-state index in [0.29, 0.717) is 12.0 Å². The molecule has 3 atom stereocenters. The number of H-pyrrole nitrogens is 1. The zero-order chi connectivity index (χ0) is 14.7. The molecular weight excluding hydrogens is 264 g/mol. The Labute approximate surface area is 125 Å². The van der Waals surface area contributed by atoms with Crippen molar-refractivity contribution in [1.82, 2.24) is 20.8 Å². The Hall–Kier alpha value is -1.43. The van der Waals surface area contributed by atoms with Crippen LogP contribution in [-0.2, 0) is 6.42 Å². The minimum Gasteiger partial charge on any atom is -0.391 e. The summed E-state index contributed by atoms with van der Waals surface area (Å²) in [6, 6.07) is 8.65. The Bertz CT molecular complexity index is 582. The van der Waals surface area contributed by atoms with Crippen LogP contribution in [0.1, 0.15) is 19.0 Å². The van der Waals surface area contributed by atoms with Crippen molar-refractivity contribution in [2.24, 2.45) is 5.92 Å². The van der Waals surface area contributed by atoms with Gasteiger partial charge in [0.15, 0.2) is 0 Å². The second-order valence-corrected chi connectivity index (χ2v) is 6.05. The van der Waals surface area contributed by atoms with Crippen molar-refractivity contribution in [3.8, 4) is 0 Å². The summed E-state index contributed by atoms with van der Waals surface area (Å²) in [6.07, 6.45) is 1.84. The SMILES string of the molecule is CC(CCc1[nH]nc2ccccc12)NC[C@@H]1CNC[C@@H]1O. The van der Waals surface area contributed by atoms with Crippen molar-refractivity contribution in [2.45, 2.75) is 31.9 Å². The normalized spacial score (nSPS) is 23.7. The molecule has 3 rings (SSSR count). The third-order valence-corrected chi connectivity index (χ3v) is 4.40. The maximum absolute atomic E-state index is 9.78. The molecule has 2 heterocycles. The van der Waals surface area contributed by atoms with Crippen LogP contribution in [0.15, 0.2) is 24.3 Å². The van der Waals surface area contributed by atoms with Crippen LogP contribution in [0.3, 0.4) is 0 Å². The number of aliphatic hydroxyl groups is 1. The Balaban J connectivity index is 1.48. The maximum Gasteiger partial charge on any atom is 0.0923 e. The molecule has 0 amide bonds. The highest BCUT2D eigenvalue weighted by atomic mass is 16.3. The number of β-amino-alcohol motifs (C(OH)–C–C–N with tert-alkyl or cyclic N) is 1. The number of benzene rings is 1. The van der Waals surface area contributed by atoms with Gasteiger partial charge >= 0.3 is 0 Å². The van der Waals surface area contributed by atoms with Crippen LogP contribution in [0.4, 0.5) is 0 Å². The summed E-state index contributed by atoms with van der Waals surface area (Å²) in [5.41, 5.74) is 2.25. The minimum absolute atomic E-state index is 0.207. The first kappa shape index (κ1) is 14.5. The second-order valence-electron chi connectivity index (χ2n) is 6.05. The molecule has 0 bridgehead atoms. The molecule has 21 heavy (non-hydrogen) atoms. The lowest BCUT2D eigenvalue weighted by atomic mass is 10.0. The van der Waals surface area contributed by atoms with Gasteiger partial charge in [-0.15, -0.1) is 0 Å². The number of aromatic amines is 1. The summed E-state index contributed by atoms with van der Waals surface area (Å²) in [4.78, 5) is 0. The van der Waals surface area contributed by atoms with Gasteiger partial charge in [0.05, 0.1) is 11.6 Å². The Morgan fingerprint density at radius 2 is 2.24 bits per heavy atom. The van der Waals surface area contributed by atoms with Crippen LogP contribution in [0.5, 0.6) is 0 Å². The molecule has 1 aliphatic rings. The molecule has 0 spiro atoms. The third-order valence-electron chi connectivity index (χ3n) is 4.40. The average Bonchev–Trinajstić information content (AvgIpc) is 3.09. The minimum atomic E-state index is -0.207. The quantitative estimate of drug-likeness (QED) is 0.641. The molecule has 4 N–H and O–H groups in total. The first-order valence-electron chi connectivity index (χ1n) is 7.78. The lowest BCUT2D eigenvalue weighted by Crippen LogP contribution is -2.35. The summed E-state index contributed by atoms with van der Waals surface area (Å²) in [5.74, 6) is 0.334. The molecule has 0 aliphatic carbocycles. The molecule has 2 aromatic rings. The van der Waals surface area contributed by atoms with E-state index in [9.17, 15) is 5.11 Å². The topological polar surface area (TPSA) is 73.0 Å². The van der Waals surface area contributed by atoms with Crippen LogP contribution < -0.4 is 10.6 Å². The Morgan fingerprint density at radius 1 is 1.38 bits per heavy atom. The largest absolute Gasteiger partial charge is 0.391 e. The highest BCUT2D eigenvalue weighted by Gasteiger charge is 2.24. The van der Waals surface area contributed by atoms with Crippen molar-refractivity contribution >= 4 is 10.9 Å². The van der Waals surface area contributed by atoms with E-state index >= 15 is 0 Å². The number of nitrogens with zero attached hydrogens (tertiary/aromatic N) is 1. The van der Waals surface area contributed by atoms with Crippen LogP contribution in [0.25, 0.3) is 10.9 Å². The highest BCUT2D eigenvalue weighted by Crippen LogP contribution is 2.17. The summed E-state index contributed by atoms with van der Waals surface area (Å²) in [5, 5.41) is 25.2. The van der Waals surface area contributed by atoms with E-state index in [2.05, 4.69) is 39.9 Å². The molecule has 0 radical (unpaired) electrons. The fourth-order valence-corrected chi connectivity index (χ4v) is 2.95. The zero-order valence-corrected chi connectivity index (χ0v) is 12.5. The summed E-state index contributed by atoms with van der Waals surface area (Å²) >= 11 is 0. The van der Waals surface area contributed by atoms with Crippen molar-refractivity contribution in [3.63, 3.8) is 0 Å². The molecule has 114 valence electrons. The van der Waals surface area contributed by atoms with E-state index in [1.54, 1.807) is 0 Å². The predicted molar refractivity (Wildman–Crippen MR) is 84.2 cm³/mol. The number of aromatic nitrogens is 2. The van der Waals surface area contributed by atoms with Gasteiger partial charge in [0, 0.05) is 42.7 Å². The molecular formula is C16H24N4O. The van der Waals surface area contributed by atoms with Gasteiger partial charge in [-0.3, -0.25) is 5.10 Å². The number of rotatable bonds is 6. The first-order chi connectivity index (χ1) is 10.2. The number of hydrogen-bond acceptors (Lipinski definition) is 4. The van der Waals surface area contributed by atoms with E-state index in [-0.39, 0.29) is 6.10 Å². The second kappa shape index (κ2) is 6.56. The molecule has 1 aliphatic heterocycles. The van der Waals surface area contributed by atoms with Crippen LogP contribution >= 0.6 is 0 Å². The van der Waals surface area contributed by atoms with E-state index in [1.165, 1.54) is 11.1 Å². The maximum atomic E-state index is 9.78. The number of fused-ring (bicyclic) bond motifs is 1. The van der Waals surface area contributed by atoms with Gasteiger partial charge in [0.1, 0.15) is 0 Å². The molecule has 1 saturated heterocycles. The van der Waals surface area contributed by atoms with Crippen molar-refractivity contribution in [2.75, 3.05) is 19.6 Å². The summed E-state index contributed by atoms with van der Waals surface area (Å²) in [7, 11) is 0. The number of hydrogen-bond donors (Lipinski definition) is 4. The van der Waals surface area contributed by atoms with Crippen molar-refractivity contribution in [1.29, 1.82) is 0 Å². The smallest absolute Gasteiger partial charge is 0.0923 e. The summed E-state index contributed by atoms with van der Waals surface area (Å²) in [6.45, 7) is 4.71. The van der Waals surface area contributed by atoms with E-state index in [4.69, 9.17) is 0 Å². The van der Waals surface area contributed by atoms with Gasteiger partial charge < -0.3 is 15.7 Å². The molecule has 1 aromatic heterocycles. The molecule has 1 fully saturated rings. The number of para-hydroxylation sites is 1. The van der Waals surface area contributed by atoms with Crippen LogP contribution in [0.2, 0.25) is 0 Å². The van der Waals surface area contributed by atoms with Crippen LogP contribution in [-0.4, -0.2) is 47.1 Å². The number of aliphatic hydroxyl groups excluding tert-OH is 1. The third kappa shape index (κ3) is 3.43. The van der Waals surface area contributed by atoms with E-state index < -0.39 is 0 Å². The number of aryl methyl sites for hydroxylation is 1. The van der Waals surface area contributed by atoms with Crippen molar-refractivity contribution < 1.29 is 5.11 Å². The standard InChI is InChI=1S/C16H24N4O/c1-11(18-9-12-8-17-10-16(12)21)6-7-15-13-4-2-3-5-14(13)19-20-15/h2-5,11-12,16-18,21H,6-10H2,1H3,(H,19,20)/t11?,12-,16-/m0/s1. The van der Waals surface area contributed by atoms with Gasteiger partial charge in [0.25, 0.3) is 0 Å². The molecule has 5 nitrogen and oxygen atoms in total. The molecule has 5 heteroatoms. The van der Waals surface area contributed by atoms with Gasteiger partial charge in [0.2, 0.25) is 0 Å². The van der Waals surface area contributed by atoms with Gasteiger partial charge in [-0.1, -0.05) is 18.2 Å². The average molecular weight is 288 g/mol. The molecule has 0 saturated carbocycles. The summed E-state index contributed by atoms with van der Waals surface area (Å²) < 4.78 is 0. The van der Waals surface area contributed by atoms with Crippen LogP contribution in [0, 0.1) is 5.92 Å². The van der Waals surface area contributed by atoms with Gasteiger partial charge in [-0.25, -0.2) is 0 Å². The van der Waals surface area contributed by atoms with E-state index in [0.717, 1.165) is 38.0 Å². The van der Waals surface area contributed by atoms with Crippen molar-refractivity contribution in [3.05, 3.63) is 30.0 Å². The Morgan fingerprint density at radius 3 is 3.05 bits per heavy atom. The lowest BCUT2D eigenvalue weighted by molar-refractivity contribution is 0.144. The van der Waals surface area contributed by atoms with Gasteiger partial charge in [-0.2, -0.15) is 5.10 Å². The zero-order valence-electron chi connectivity index (χ0n) is 12.5. The highest BCUT2D eigenvalue weighted by molar-refractivity contribution is 5.81. The van der Waals surface area contributed by atoms with Gasteiger partial charge in [-0.05, 0) is 25.8 Å². The fourth-order valence-electron chi connectivity index (χ4n) is 2.95. The monoisotopic (exact) mass is 288 g/mol. The molecule has 1 unspecified atom stereocenters. The first-order valence-corrected chi connectivity index (χ1v) is 7.78. The Kier molecular flexibility index (Phi) is 4.53. The van der Waals surface area contributed by atoms with E-state index in [1.807, 2.05) is 12.1 Å². The number of nitrogens with one attached hydrogen (secondary N) is 3. The molecule has 1 aromatic carbocycles.